The van der Waals surface area contributed by atoms with Gasteiger partial charge in [0, 0.05) is 19.1 Å². The average molecular weight is 285 g/mol. The summed E-state index contributed by atoms with van der Waals surface area (Å²) in [5.74, 6) is -0.870. The first-order chi connectivity index (χ1) is 9.43. The molecule has 1 atom stereocenters. The zero-order chi connectivity index (χ0) is 15.1. The number of carboxylic acid groups (broad SMARTS) is 1. The molecule has 2 N–H and O–H groups in total. The normalized spacial score (nSPS) is 18.6. The van der Waals surface area contributed by atoms with E-state index in [0.29, 0.717) is 6.42 Å². The predicted octanol–water partition coefficient (Wildman–Crippen LogP) is 1.37. The van der Waals surface area contributed by atoms with Crippen molar-refractivity contribution in [2.75, 3.05) is 27.2 Å². The Bertz CT molecular complexity index is 328. The maximum atomic E-state index is 12.2. The van der Waals surface area contributed by atoms with Crippen LogP contribution in [0.4, 0.5) is 4.79 Å². The third-order valence-corrected chi connectivity index (χ3v) is 3.94. The standard InChI is InChI=1S/C14H27N3O3/c1-4-5-11(10-13(18)19)15-14(20)17(3)12-6-8-16(2)9-7-12/h11-12H,4-10H2,1-3H3,(H,15,20)(H,18,19). The fourth-order valence-electron chi connectivity index (χ4n) is 2.61. The number of rotatable bonds is 6. The van der Waals surface area contributed by atoms with Crippen LogP contribution in [0.3, 0.4) is 0 Å². The molecule has 1 saturated heterocycles. The first-order valence-corrected chi connectivity index (χ1v) is 7.37. The number of likely N-dealkylation sites (tertiary alicyclic amines) is 1. The summed E-state index contributed by atoms with van der Waals surface area (Å²) < 4.78 is 0. The third kappa shape index (κ3) is 5.36. The molecule has 0 aliphatic carbocycles. The molecule has 1 aliphatic heterocycles. The van der Waals surface area contributed by atoms with Gasteiger partial charge in [0.2, 0.25) is 0 Å². The molecule has 6 heteroatoms. The van der Waals surface area contributed by atoms with Gasteiger partial charge in [-0.15, -0.1) is 0 Å². The van der Waals surface area contributed by atoms with Gasteiger partial charge in [-0.3, -0.25) is 4.79 Å². The number of urea groups is 1. The van der Waals surface area contributed by atoms with E-state index in [4.69, 9.17) is 5.11 Å². The highest BCUT2D eigenvalue weighted by Gasteiger charge is 2.25. The Morgan fingerprint density at radius 1 is 1.40 bits per heavy atom. The molecule has 1 unspecified atom stereocenters. The van der Waals surface area contributed by atoms with Crippen molar-refractivity contribution in [1.82, 2.24) is 15.1 Å². The van der Waals surface area contributed by atoms with Crippen LogP contribution in [-0.2, 0) is 4.79 Å². The van der Waals surface area contributed by atoms with Crippen LogP contribution in [0.5, 0.6) is 0 Å². The van der Waals surface area contributed by atoms with Crippen LogP contribution in [0.2, 0.25) is 0 Å². The summed E-state index contributed by atoms with van der Waals surface area (Å²) in [4.78, 5) is 27.0. The number of hydrogen-bond acceptors (Lipinski definition) is 3. The number of nitrogens with zero attached hydrogens (tertiary/aromatic N) is 2. The van der Waals surface area contributed by atoms with Crippen molar-refractivity contribution in [3.05, 3.63) is 0 Å². The fraction of sp³-hybridized carbons (Fsp3) is 0.857. The van der Waals surface area contributed by atoms with E-state index in [0.717, 1.165) is 32.4 Å². The zero-order valence-electron chi connectivity index (χ0n) is 12.8. The number of hydrogen-bond donors (Lipinski definition) is 2. The molecule has 0 aromatic carbocycles. The van der Waals surface area contributed by atoms with Gasteiger partial charge in [0.05, 0.1) is 6.42 Å². The smallest absolute Gasteiger partial charge is 0.317 e. The lowest BCUT2D eigenvalue weighted by Gasteiger charge is -2.35. The molecule has 20 heavy (non-hydrogen) atoms. The van der Waals surface area contributed by atoms with Crippen LogP contribution < -0.4 is 5.32 Å². The second-order valence-corrected chi connectivity index (χ2v) is 5.68. The summed E-state index contributed by atoms with van der Waals surface area (Å²) >= 11 is 0. The Balaban J connectivity index is 2.48. The Hall–Kier alpha value is -1.30. The van der Waals surface area contributed by atoms with Gasteiger partial charge in [-0.05, 0) is 39.4 Å². The monoisotopic (exact) mass is 285 g/mol. The van der Waals surface area contributed by atoms with Gasteiger partial charge in [-0.2, -0.15) is 0 Å². The highest BCUT2D eigenvalue weighted by atomic mass is 16.4. The van der Waals surface area contributed by atoms with E-state index < -0.39 is 5.97 Å². The Kier molecular flexibility index (Phi) is 6.78. The highest BCUT2D eigenvalue weighted by molar-refractivity contribution is 5.76. The van der Waals surface area contributed by atoms with Gasteiger partial charge >= 0.3 is 12.0 Å². The molecular weight excluding hydrogens is 258 g/mol. The Morgan fingerprint density at radius 3 is 2.50 bits per heavy atom. The summed E-state index contributed by atoms with van der Waals surface area (Å²) in [6, 6.07) is -0.184. The molecule has 0 bridgehead atoms. The van der Waals surface area contributed by atoms with Crippen LogP contribution >= 0.6 is 0 Å². The molecule has 1 fully saturated rings. The van der Waals surface area contributed by atoms with E-state index in [1.54, 1.807) is 11.9 Å². The first kappa shape index (κ1) is 16.8. The quantitative estimate of drug-likeness (QED) is 0.773. The van der Waals surface area contributed by atoms with Gasteiger partial charge in [0.25, 0.3) is 0 Å². The van der Waals surface area contributed by atoms with Crippen molar-refractivity contribution in [3.8, 4) is 0 Å². The lowest BCUT2D eigenvalue weighted by atomic mass is 10.0. The first-order valence-electron chi connectivity index (χ1n) is 7.37. The van der Waals surface area contributed by atoms with Gasteiger partial charge in [0.1, 0.15) is 0 Å². The number of piperidine rings is 1. The van der Waals surface area contributed by atoms with Crippen molar-refractivity contribution < 1.29 is 14.7 Å². The maximum absolute atomic E-state index is 12.2. The summed E-state index contributed by atoms with van der Waals surface area (Å²) in [7, 11) is 3.88. The molecule has 1 aliphatic rings. The fourth-order valence-corrected chi connectivity index (χ4v) is 2.61. The Morgan fingerprint density at radius 2 is 2.00 bits per heavy atom. The molecule has 0 radical (unpaired) electrons. The van der Waals surface area contributed by atoms with Crippen molar-refractivity contribution in [3.63, 3.8) is 0 Å². The second kappa shape index (κ2) is 8.09. The number of aliphatic carboxylic acids is 1. The minimum Gasteiger partial charge on any atom is -0.481 e. The topological polar surface area (TPSA) is 72.9 Å². The van der Waals surface area contributed by atoms with Crippen molar-refractivity contribution in [1.29, 1.82) is 0 Å². The van der Waals surface area contributed by atoms with E-state index in [1.165, 1.54) is 0 Å². The van der Waals surface area contributed by atoms with Gasteiger partial charge in [0.15, 0.2) is 0 Å². The minimum atomic E-state index is -0.870. The molecule has 0 aromatic heterocycles. The van der Waals surface area contributed by atoms with Gasteiger partial charge < -0.3 is 20.2 Å². The maximum Gasteiger partial charge on any atom is 0.317 e. The molecule has 1 rings (SSSR count). The number of carboxylic acids is 1. The van der Waals surface area contributed by atoms with Crippen molar-refractivity contribution in [2.24, 2.45) is 0 Å². The molecule has 0 saturated carbocycles. The average Bonchev–Trinajstić information content (AvgIpc) is 2.38. The van der Waals surface area contributed by atoms with E-state index in [2.05, 4.69) is 17.3 Å². The summed E-state index contributed by atoms with van der Waals surface area (Å²) in [6.07, 6.45) is 3.48. The highest BCUT2D eigenvalue weighted by Crippen LogP contribution is 2.14. The van der Waals surface area contributed by atoms with Crippen molar-refractivity contribution in [2.45, 2.75) is 51.1 Å². The van der Waals surface area contributed by atoms with Crippen LogP contribution in [0.1, 0.15) is 39.0 Å². The zero-order valence-corrected chi connectivity index (χ0v) is 12.8. The van der Waals surface area contributed by atoms with Crippen LogP contribution in [0.25, 0.3) is 0 Å². The molecule has 116 valence electrons. The molecule has 0 aromatic rings. The van der Waals surface area contributed by atoms with E-state index >= 15 is 0 Å². The van der Waals surface area contributed by atoms with Gasteiger partial charge in [-0.1, -0.05) is 13.3 Å². The lowest BCUT2D eigenvalue weighted by molar-refractivity contribution is -0.137. The summed E-state index contributed by atoms with van der Waals surface area (Å²) in [5.41, 5.74) is 0. The van der Waals surface area contributed by atoms with E-state index in [-0.39, 0.29) is 24.5 Å². The predicted molar refractivity (Wildman–Crippen MR) is 77.8 cm³/mol. The van der Waals surface area contributed by atoms with Gasteiger partial charge in [-0.25, -0.2) is 4.79 Å². The SMILES string of the molecule is CCCC(CC(=O)O)NC(=O)N(C)C1CCN(C)CC1. The van der Waals surface area contributed by atoms with Crippen LogP contribution in [0.15, 0.2) is 0 Å². The molecular formula is C14H27N3O3. The van der Waals surface area contributed by atoms with Crippen LogP contribution in [-0.4, -0.2) is 66.2 Å². The van der Waals surface area contributed by atoms with Crippen molar-refractivity contribution >= 4 is 12.0 Å². The number of amides is 2. The minimum absolute atomic E-state index is 0.0131. The molecule has 0 spiro atoms. The van der Waals surface area contributed by atoms with Crippen LogP contribution in [0, 0.1) is 0 Å². The second-order valence-electron chi connectivity index (χ2n) is 5.68. The van der Waals surface area contributed by atoms with E-state index in [9.17, 15) is 9.59 Å². The molecule has 2 amide bonds. The summed E-state index contributed by atoms with van der Waals surface area (Å²) in [6.45, 7) is 3.98. The van der Waals surface area contributed by atoms with E-state index in [1.807, 2.05) is 6.92 Å². The number of carbonyl (C=O) groups excluding carboxylic acids is 1. The third-order valence-electron chi connectivity index (χ3n) is 3.94. The molecule has 1 heterocycles. The molecule has 6 nitrogen and oxygen atoms in total. The number of nitrogens with one attached hydrogen (secondary N) is 1. The Labute approximate surface area is 121 Å². The lowest BCUT2D eigenvalue weighted by Crippen LogP contribution is -2.50. The largest absolute Gasteiger partial charge is 0.481 e. The number of carbonyl (C=O) groups is 2. The summed E-state index contributed by atoms with van der Waals surface area (Å²) in [5, 5.41) is 11.7.